The number of nitro benzene ring substituents is 1. The molecule has 1 heterocycles. The lowest BCUT2D eigenvalue weighted by Gasteiger charge is -2.20. The van der Waals surface area contributed by atoms with Crippen LogP contribution >= 0.6 is 0 Å². The van der Waals surface area contributed by atoms with Gasteiger partial charge in [-0.15, -0.1) is 0 Å². The summed E-state index contributed by atoms with van der Waals surface area (Å²) in [5.41, 5.74) is 0.757. The normalized spacial score (nSPS) is 15.9. The van der Waals surface area contributed by atoms with E-state index in [4.69, 9.17) is 0 Å². The lowest BCUT2D eigenvalue weighted by Crippen LogP contribution is -2.35. The molecule has 102 valence electrons. The molecule has 0 aliphatic carbocycles. The Kier molecular flexibility index (Phi) is 4.11. The molecule has 1 fully saturated rings. The van der Waals surface area contributed by atoms with Crippen molar-refractivity contribution in [3.8, 4) is 0 Å². The van der Waals surface area contributed by atoms with Crippen LogP contribution in [0.5, 0.6) is 0 Å². The molecule has 0 radical (unpaired) electrons. The third-order valence-corrected chi connectivity index (χ3v) is 3.29. The van der Waals surface area contributed by atoms with E-state index >= 15 is 0 Å². The largest absolute Gasteiger partial charge is 0.337 e. The van der Waals surface area contributed by atoms with Crippen molar-refractivity contribution in [1.82, 2.24) is 10.2 Å². The first-order valence-electron chi connectivity index (χ1n) is 6.35. The maximum Gasteiger partial charge on any atom is 0.282 e. The summed E-state index contributed by atoms with van der Waals surface area (Å²) in [5.74, 6) is -0.242. The number of benzene rings is 1. The van der Waals surface area contributed by atoms with Gasteiger partial charge in [0.15, 0.2) is 0 Å². The summed E-state index contributed by atoms with van der Waals surface area (Å²) < 4.78 is 0. The summed E-state index contributed by atoms with van der Waals surface area (Å²) in [7, 11) is 0. The number of nitrogens with zero attached hydrogens (tertiary/aromatic N) is 2. The standard InChI is InChI=1S/C13H17N3O3/c1-10-4-2-5-11(16(18)19)12(10)13(17)15-8-3-6-14-7-9-15/h2,4-5,14H,3,6-9H2,1H3. The van der Waals surface area contributed by atoms with Gasteiger partial charge in [0, 0.05) is 25.7 Å². The Balaban J connectivity index is 2.34. The Morgan fingerprint density at radius 1 is 1.37 bits per heavy atom. The Bertz CT molecular complexity index is 494. The van der Waals surface area contributed by atoms with Crippen LogP contribution in [0, 0.1) is 17.0 Å². The van der Waals surface area contributed by atoms with Crippen molar-refractivity contribution in [2.45, 2.75) is 13.3 Å². The Labute approximate surface area is 111 Å². The zero-order valence-corrected chi connectivity index (χ0v) is 10.9. The van der Waals surface area contributed by atoms with E-state index in [2.05, 4.69) is 5.32 Å². The van der Waals surface area contributed by atoms with Gasteiger partial charge in [-0.25, -0.2) is 0 Å². The van der Waals surface area contributed by atoms with Crippen LogP contribution in [0.1, 0.15) is 22.3 Å². The third kappa shape index (κ3) is 2.90. The van der Waals surface area contributed by atoms with Gasteiger partial charge in [0.1, 0.15) is 5.56 Å². The topological polar surface area (TPSA) is 75.5 Å². The predicted molar refractivity (Wildman–Crippen MR) is 71.2 cm³/mol. The second-order valence-electron chi connectivity index (χ2n) is 4.62. The van der Waals surface area contributed by atoms with E-state index in [-0.39, 0.29) is 17.2 Å². The molecule has 0 aromatic heterocycles. The number of nitrogens with one attached hydrogen (secondary N) is 1. The zero-order chi connectivity index (χ0) is 13.8. The molecule has 0 unspecified atom stereocenters. The van der Waals surface area contributed by atoms with Crippen LogP contribution in [-0.4, -0.2) is 41.9 Å². The zero-order valence-electron chi connectivity index (χ0n) is 10.9. The highest BCUT2D eigenvalue weighted by atomic mass is 16.6. The van der Waals surface area contributed by atoms with E-state index in [9.17, 15) is 14.9 Å². The number of rotatable bonds is 2. The van der Waals surface area contributed by atoms with Crippen LogP contribution < -0.4 is 5.32 Å². The Hall–Kier alpha value is -1.95. The average Bonchev–Trinajstić information content (AvgIpc) is 2.66. The summed E-state index contributed by atoms with van der Waals surface area (Å²) in [6.07, 6.45) is 0.866. The fourth-order valence-corrected chi connectivity index (χ4v) is 2.29. The van der Waals surface area contributed by atoms with Gasteiger partial charge in [-0.1, -0.05) is 12.1 Å². The van der Waals surface area contributed by atoms with Gasteiger partial charge in [0.05, 0.1) is 4.92 Å². The van der Waals surface area contributed by atoms with E-state index in [1.807, 2.05) is 0 Å². The van der Waals surface area contributed by atoms with Crippen molar-refractivity contribution in [2.24, 2.45) is 0 Å². The summed E-state index contributed by atoms with van der Waals surface area (Å²) in [6.45, 7) is 4.56. The van der Waals surface area contributed by atoms with Crippen LogP contribution in [-0.2, 0) is 0 Å². The van der Waals surface area contributed by atoms with Crippen molar-refractivity contribution < 1.29 is 9.72 Å². The van der Waals surface area contributed by atoms with Gasteiger partial charge in [-0.05, 0) is 25.5 Å². The number of hydrogen-bond acceptors (Lipinski definition) is 4. The molecular formula is C13H17N3O3. The fraction of sp³-hybridized carbons (Fsp3) is 0.462. The first kappa shape index (κ1) is 13.5. The number of nitro groups is 1. The molecule has 2 rings (SSSR count). The van der Waals surface area contributed by atoms with Gasteiger partial charge in [-0.3, -0.25) is 14.9 Å². The molecule has 6 nitrogen and oxygen atoms in total. The number of carbonyl (C=O) groups excluding carboxylic acids is 1. The maximum atomic E-state index is 12.5. The van der Waals surface area contributed by atoms with Gasteiger partial charge in [0.25, 0.3) is 11.6 Å². The predicted octanol–water partition coefficient (Wildman–Crippen LogP) is 1.34. The van der Waals surface area contributed by atoms with Crippen molar-refractivity contribution >= 4 is 11.6 Å². The molecule has 1 aromatic rings. The summed E-state index contributed by atoms with van der Waals surface area (Å²) in [5, 5.41) is 14.3. The minimum atomic E-state index is -0.490. The van der Waals surface area contributed by atoms with Crippen molar-refractivity contribution in [3.05, 3.63) is 39.4 Å². The molecule has 0 spiro atoms. The highest BCUT2D eigenvalue weighted by Gasteiger charge is 2.26. The minimum Gasteiger partial charge on any atom is -0.337 e. The fourth-order valence-electron chi connectivity index (χ4n) is 2.29. The van der Waals surface area contributed by atoms with Crippen LogP contribution in [0.3, 0.4) is 0 Å². The molecular weight excluding hydrogens is 246 g/mol. The lowest BCUT2D eigenvalue weighted by atomic mass is 10.1. The molecule has 6 heteroatoms. The molecule has 1 amide bonds. The smallest absolute Gasteiger partial charge is 0.282 e. The monoisotopic (exact) mass is 263 g/mol. The number of carbonyl (C=O) groups is 1. The summed E-state index contributed by atoms with van der Waals surface area (Å²) in [6, 6.07) is 4.72. The van der Waals surface area contributed by atoms with Gasteiger partial charge >= 0.3 is 0 Å². The van der Waals surface area contributed by atoms with E-state index in [1.165, 1.54) is 6.07 Å². The quantitative estimate of drug-likeness (QED) is 0.645. The molecule has 1 saturated heterocycles. The average molecular weight is 263 g/mol. The molecule has 1 aliphatic heterocycles. The van der Waals surface area contributed by atoms with Crippen molar-refractivity contribution in [3.63, 3.8) is 0 Å². The molecule has 1 aliphatic rings. The first-order valence-corrected chi connectivity index (χ1v) is 6.35. The molecule has 1 aromatic carbocycles. The second-order valence-corrected chi connectivity index (χ2v) is 4.62. The highest BCUT2D eigenvalue weighted by Crippen LogP contribution is 2.23. The van der Waals surface area contributed by atoms with E-state index in [0.717, 1.165) is 19.5 Å². The van der Waals surface area contributed by atoms with Crippen LogP contribution in [0.2, 0.25) is 0 Å². The third-order valence-electron chi connectivity index (χ3n) is 3.29. The van der Waals surface area contributed by atoms with E-state index < -0.39 is 4.92 Å². The number of amides is 1. The van der Waals surface area contributed by atoms with Crippen LogP contribution in [0.25, 0.3) is 0 Å². The highest BCUT2D eigenvalue weighted by molar-refractivity contribution is 5.99. The van der Waals surface area contributed by atoms with E-state index in [1.54, 1.807) is 24.0 Å². The minimum absolute atomic E-state index is 0.109. The molecule has 0 saturated carbocycles. The first-order chi connectivity index (χ1) is 9.11. The van der Waals surface area contributed by atoms with Crippen LogP contribution in [0.15, 0.2) is 18.2 Å². The van der Waals surface area contributed by atoms with Crippen molar-refractivity contribution in [2.75, 3.05) is 26.2 Å². The van der Waals surface area contributed by atoms with Gasteiger partial charge in [-0.2, -0.15) is 0 Å². The Morgan fingerprint density at radius 3 is 2.89 bits per heavy atom. The molecule has 0 bridgehead atoms. The molecule has 1 N–H and O–H groups in total. The maximum absolute atomic E-state index is 12.5. The SMILES string of the molecule is Cc1cccc([N+](=O)[O-])c1C(=O)N1CCCNCC1. The van der Waals surface area contributed by atoms with Gasteiger partial charge < -0.3 is 10.2 Å². The number of aryl methyl sites for hydroxylation is 1. The van der Waals surface area contributed by atoms with E-state index in [0.29, 0.717) is 18.7 Å². The van der Waals surface area contributed by atoms with Gasteiger partial charge in [0.2, 0.25) is 0 Å². The molecule has 19 heavy (non-hydrogen) atoms. The Morgan fingerprint density at radius 2 is 2.16 bits per heavy atom. The summed E-state index contributed by atoms with van der Waals surface area (Å²) >= 11 is 0. The number of hydrogen-bond donors (Lipinski definition) is 1. The lowest BCUT2D eigenvalue weighted by molar-refractivity contribution is -0.385. The molecule has 0 atom stereocenters. The van der Waals surface area contributed by atoms with Crippen LogP contribution in [0.4, 0.5) is 5.69 Å². The van der Waals surface area contributed by atoms with Crippen molar-refractivity contribution in [1.29, 1.82) is 0 Å². The summed E-state index contributed by atoms with van der Waals surface area (Å²) in [4.78, 5) is 24.7. The second kappa shape index (κ2) is 5.79.